The average molecular weight is 252 g/mol. The first-order chi connectivity index (χ1) is 8.39. The number of phenols is 1. The van der Waals surface area contributed by atoms with Crippen molar-refractivity contribution in [3.05, 3.63) is 29.3 Å². The standard InChI is InChI=1S/C13H16O5/c1-13(2)6-17-12(18-7-13)8-3-4-10(14)9(5-8)11(15)16/h3-5,12,14H,6-7H2,1-2H3,(H,15,16). The van der Waals surface area contributed by atoms with Gasteiger partial charge < -0.3 is 19.7 Å². The second-order valence-corrected chi connectivity index (χ2v) is 5.20. The molecule has 1 heterocycles. The Balaban J connectivity index is 2.20. The molecular weight excluding hydrogens is 236 g/mol. The molecule has 2 rings (SSSR count). The van der Waals surface area contributed by atoms with Crippen LogP contribution in [0, 0.1) is 5.41 Å². The van der Waals surface area contributed by atoms with Crippen LogP contribution in [0.25, 0.3) is 0 Å². The second kappa shape index (κ2) is 4.59. The molecule has 1 saturated heterocycles. The summed E-state index contributed by atoms with van der Waals surface area (Å²) >= 11 is 0. The lowest BCUT2D eigenvalue weighted by molar-refractivity contribution is -0.226. The number of carboxylic acids is 1. The Bertz CT molecular complexity index is 456. The van der Waals surface area contributed by atoms with Gasteiger partial charge in [0.1, 0.15) is 11.3 Å². The van der Waals surface area contributed by atoms with Crippen molar-refractivity contribution in [1.82, 2.24) is 0 Å². The molecule has 5 nitrogen and oxygen atoms in total. The highest BCUT2D eigenvalue weighted by atomic mass is 16.7. The largest absolute Gasteiger partial charge is 0.507 e. The van der Waals surface area contributed by atoms with Crippen molar-refractivity contribution in [1.29, 1.82) is 0 Å². The molecule has 0 amide bonds. The molecule has 0 atom stereocenters. The second-order valence-electron chi connectivity index (χ2n) is 5.20. The number of ether oxygens (including phenoxy) is 2. The van der Waals surface area contributed by atoms with Gasteiger partial charge in [0.25, 0.3) is 0 Å². The zero-order valence-electron chi connectivity index (χ0n) is 10.3. The predicted molar refractivity (Wildman–Crippen MR) is 63.5 cm³/mol. The van der Waals surface area contributed by atoms with Crippen molar-refractivity contribution in [3.8, 4) is 5.75 Å². The van der Waals surface area contributed by atoms with Crippen LogP contribution in [0.5, 0.6) is 5.75 Å². The maximum atomic E-state index is 10.9. The van der Waals surface area contributed by atoms with Crippen LogP contribution in [-0.4, -0.2) is 29.4 Å². The van der Waals surface area contributed by atoms with E-state index in [4.69, 9.17) is 14.6 Å². The predicted octanol–water partition coefficient (Wildman–Crippen LogP) is 2.16. The number of carbonyl (C=O) groups is 1. The summed E-state index contributed by atoms with van der Waals surface area (Å²) in [5, 5.41) is 18.4. The monoisotopic (exact) mass is 252 g/mol. The van der Waals surface area contributed by atoms with Gasteiger partial charge >= 0.3 is 5.97 Å². The Hall–Kier alpha value is -1.59. The van der Waals surface area contributed by atoms with E-state index in [1.807, 2.05) is 13.8 Å². The van der Waals surface area contributed by atoms with Gasteiger partial charge in [0.15, 0.2) is 6.29 Å². The zero-order chi connectivity index (χ0) is 13.3. The molecule has 0 aromatic heterocycles. The molecule has 0 aliphatic carbocycles. The number of aromatic carboxylic acids is 1. The average Bonchev–Trinajstić information content (AvgIpc) is 2.30. The van der Waals surface area contributed by atoms with Crippen molar-refractivity contribution >= 4 is 5.97 Å². The van der Waals surface area contributed by atoms with Crippen molar-refractivity contribution in [3.63, 3.8) is 0 Å². The summed E-state index contributed by atoms with van der Waals surface area (Å²) in [6.07, 6.45) is -0.572. The highest BCUT2D eigenvalue weighted by Gasteiger charge is 2.29. The summed E-state index contributed by atoms with van der Waals surface area (Å²) in [6, 6.07) is 4.32. The van der Waals surface area contributed by atoms with Crippen molar-refractivity contribution in [2.24, 2.45) is 5.41 Å². The SMILES string of the molecule is CC1(C)COC(c2ccc(O)c(C(=O)O)c2)OC1. The first-order valence-corrected chi connectivity index (χ1v) is 5.68. The molecule has 98 valence electrons. The fraction of sp³-hybridized carbons (Fsp3) is 0.462. The molecule has 1 aromatic rings. The van der Waals surface area contributed by atoms with Crippen LogP contribution >= 0.6 is 0 Å². The van der Waals surface area contributed by atoms with Gasteiger partial charge in [-0.25, -0.2) is 4.79 Å². The van der Waals surface area contributed by atoms with Gasteiger partial charge in [-0.15, -0.1) is 0 Å². The van der Waals surface area contributed by atoms with Crippen LogP contribution in [0.3, 0.4) is 0 Å². The summed E-state index contributed by atoms with van der Waals surface area (Å²) < 4.78 is 11.1. The van der Waals surface area contributed by atoms with Gasteiger partial charge in [-0.2, -0.15) is 0 Å². The molecule has 0 bridgehead atoms. The van der Waals surface area contributed by atoms with Gasteiger partial charge in [0, 0.05) is 11.0 Å². The molecule has 0 radical (unpaired) electrons. The smallest absolute Gasteiger partial charge is 0.339 e. The Kier molecular flexibility index (Phi) is 3.28. The summed E-state index contributed by atoms with van der Waals surface area (Å²) in [7, 11) is 0. The van der Waals surface area contributed by atoms with Crippen molar-refractivity contribution < 1.29 is 24.5 Å². The van der Waals surface area contributed by atoms with Crippen LogP contribution in [-0.2, 0) is 9.47 Å². The highest BCUT2D eigenvalue weighted by Crippen LogP contribution is 2.32. The van der Waals surface area contributed by atoms with E-state index in [1.165, 1.54) is 12.1 Å². The van der Waals surface area contributed by atoms with Crippen LogP contribution < -0.4 is 0 Å². The van der Waals surface area contributed by atoms with Gasteiger partial charge in [-0.05, 0) is 12.1 Å². The van der Waals surface area contributed by atoms with Gasteiger partial charge in [-0.3, -0.25) is 0 Å². The van der Waals surface area contributed by atoms with Gasteiger partial charge in [-0.1, -0.05) is 19.9 Å². The van der Waals surface area contributed by atoms with E-state index < -0.39 is 12.3 Å². The number of aromatic hydroxyl groups is 1. The molecule has 5 heteroatoms. The Morgan fingerprint density at radius 3 is 2.50 bits per heavy atom. The molecule has 0 unspecified atom stereocenters. The lowest BCUT2D eigenvalue weighted by atomic mass is 9.95. The molecule has 1 fully saturated rings. The summed E-state index contributed by atoms with van der Waals surface area (Å²) in [6.45, 7) is 5.15. The van der Waals surface area contributed by atoms with E-state index in [9.17, 15) is 9.90 Å². The highest BCUT2D eigenvalue weighted by molar-refractivity contribution is 5.90. The molecule has 1 aromatic carbocycles. The fourth-order valence-electron chi connectivity index (χ4n) is 1.76. The van der Waals surface area contributed by atoms with Crippen molar-refractivity contribution in [2.75, 3.05) is 13.2 Å². The molecule has 1 aliphatic rings. The van der Waals surface area contributed by atoms with E-state index in [0.29, 0.717) is 18.8 Å². The number of benzene rings is 1. The minimum Gasteiger partial charge on any atom is -0.507 e. The van der Waals surface area contributed by atoms with Crippen LogP contribution in [0.15, 0.2) is 18.2 Å². The van der Waals surface area contributed by atoms with Gasteiger partial charge in [0.05, 0.1) is 13.2 Å². The first kappa shape index (κ1) is 12.9. The fourth-order valence-corrected chi connectivity index (χ4v) is 1.76. The van der Waals surface area contributed by atoms with Crippen LogP contribution in [0.4, 0.5) is 0 Å². The Labute approximate surface area is 105 Å². The van der Waals surface area contributed by atoms with E-state index >= 15 is 0 Å². The third-order valence-corrected chi connectivity index (χ3v) is 2.77. The third kappa shape index (κ3) is 2.63. The third-order valence-electron chi connectivity index (χ3n) is 2.77. The minimum absolute atomic E-state index is 0.0386. The quantitative estimate of drug-likeness (QED) is 0.843. The first-order valence-electron chi connectivity index (χ1n) is 5.68. The number of hydrogen-bond donors (Lipinski definition) is 2. The minimum atomic E-state index is -1.18. The summed E-state index contributed by atoms with van der Waals surface area (Å²) in [5.41, 5.74) is 0.411. The lowest BCUT2D eigenvalue weighted by Gasteiger charge is -2.34. The lowest BCUT2D eigenvalue weighted by Crippen LogP contribution is -2.33. The van der Waals surface area contributed by atoms with E-state index in [0.717, 1.165) is 0 Å². The van der Waals surface area contributed by atoms with E-state index in [2.05, 4.69) is 0 Å². The number of carboxylic acid groups (broad SMARTS) is 1. The van der Waals surface area contributed by atoms with Gasteiger partial charge in [0.2, 0.25) is 0 Å². The van der Waals surface area contributed by atoms with Crippen LogP contribution in [0.2, 0.25) is 0 Å². The summed E-state index contributed by atoms with van der Waals surface area (Å²) in [5.74, 6) is -1.44. The molecule has 0 spiro atoms. The molecular formula is C13H16O5. The molecule has 0 saturated carbocycles. The molecule has 2 N–H and O–H groups in total. The topological polar surface area (TPSA) is 76.0 Å². The van der Waals surface area contributed by atoms with E-state index in [-0.39, 0.29) is 16.7 Å². The number of hydrogen-bond acceptors (Lipinski definition) is 4. The van der Waals surface area contributed by atoms with Crippen molar-refractivity contribution in [2.45, 2.75) is 20.1 Å². The zero-order valence-corrected chi connectivity index (χ0v) is 10.3. The number of rotatable bonds is 2. The normalized spacial score (nSPS) is 19.7. The molecule has 18 heavy (non-hydrogen) atoms. The maximum Gasteiger partial charge on any atom is 0.339 e. The Morgan fingerprint density at radius 2 is 1.94 bits per heavy atom. The van der Waals surface area contributed by atoms with E-state index in [1.54, 1.807) is 6.07 Å². The maximum absolute atomic E-state index is 10.9. The Morgan fingerprint density at radius 1 is 1.33 bits per heavy atom. The molecule has 1 aliphatic heterocycles. The summed E-state index contributed by atoms with van der Waals surface area (Å²) in [4.78, 5) is 10.9. The van der Waals surface area contributed by atoms with Crippen LogP contribution in [0.1, 0.15) is 36.1 Å².